The molecule has 0 saturated heterocycles. The number of nitrogens with one attached hydrogen (secondary N) is 1. The van der Waals surface area contributed by atoms with Crippen LogP contribution in [-0.2, 0) is 11.3 Å². The SMILES string of the molecule is COCCNCCCCN(C)Cc1ccccn1. The van der Waals surface area contributed by atoms with Crippen molar-refractivity contribution in [1.29, 1.82) is 0 Å². The van der Waals surface area contributed by atoms with Gasteiger partial charge in [0.2, 0.25) is 0 Å². The zero-order valence-electron chi connectivity index (χ0n) is 11.6. The Hall–Kier alpha value is -0.970. The summed E-state index contributed by atoms with van der Waals surface area (Å²) in [5.41, 5.74) is 1.14. The number of hydrogen-bond acceptors (Lipinski definition) is 4. The summed E-state index contributed by atoms with van der Waals surface area (Å²) in [6.07, 6.45) is 4.27. The van der Waals surface area contributed by atoms with E-state index in [0.29, 0.717) is 0 Å². The Balaban J connectivity index is 1.99. The second-order valence-electron chi connectivity index (χ2n) is 4.51. The third-order valence-corrected chi connectivity index (χ3v) is 2.78. The molecule has 0 spiro atoms. The zero-order chi connectivity index (χ0) is 13.1. The van der Waals surface area contributed by atoms with E-state index in [2.05, 4.69) is 28.3 Å². The topological polar surface area (TPSA) is 37.4 Å². The molecule has 0 atom stereocenters. The lowest BCUT2D eigenvalue weighted by atomic mass is 10.2. The molecule has 0 aliphatic rings. The van der Waals surface area contributed by atoms with Gasteiger partial charge in [-0.05, 0) is 45.1 Å². The minimum Gasteiger partial charge on any atom is -0.383 e. The Labute approximate surface area is 110 Å². The van der Waals surface area contributed by atoms with Gasteiger partial charge in [-0.3, -0.25) is 4.98 Å². The van der Waals surface area contributed by atoms with E-state index in [0.717, 1.165) is 38.5 Å². The molecule has 0 saturated carbocycles. The van der Waals surface area contributed by atoms with Crippen molar-refractivity contribution in [3.8, 4) is 0 Å². The number of aromatic nitrogens is 1. The van der Waals surface area contributed by atoms with Crippen LogP contribution in [-0.4, -0.2) is 50.3 Å². The highest BCUT2D eigenvalue weighted by Gasteiger charge is 2.00. The number of hydrogen-bond donors (Lipinski definition) is 1. The quantitative estimate of drug-likeness (QED) is 0.640. The first kappa shape index (κ1) is 15.1. The maximum Gasteiger partial charge on any atom is 0.0587 e. The lowest BCUT2D eigenvalue weighted by molar-refractivity contribution is 0.199. The molecule has 102 valence electrons. The maximum atomic E-state index is 4.98. The van der Waals surface area contributed by atoms with Gasteiger partial charge in [0.1, 0.15) is 0 Å². The second kappa shape index (κ2) is 10.00. The number of unbranched alkanes of at least 4 members (excludes halogenated alkanes) is 1. The Morgan fingerprint density at radius 1 is 1.28 bits per heavy atom. The van der Waals surface area contributed by atoms with Crippen molar-refractivity contribution in [1.82, 2.24) is 15.2 Å². The van der Waals surface area contributed by atoms with Crippen LogP contribution in [0.15, 0.2) is 24.4 Å². The minimum absolute atomic E-state index is 0.791. The predicted molar refractivity (Wildman–Crippen MR) is 74.6 cm³/mol. The number of rotatable bonds is 10. The molecule has 0 bridgehead atoms. The monoisotopic (exact) mass is 251 g/mol. The molecule has 4 heteroatoms. The number of methoxy groups -OCH3 is 1. The Bertz CT molecular complexity index is 292. The lowest BCUT2D eigenvalue weighted by Gasteiger charge is -2.15. The molecule has 18 heavy (non-hydrogen) atoms. The fourth-order valence-corrected chi connectivity index (χ4v) is 1.78. The van der Waals surface area contributed by atoms with Gasteiger partial charge in [0.05, 0.1) is 12.3 Å². The number of ether oxygens (including phenoxy) is 1. The van der Waals surface area contributed by atoms with Crippen LogP contribution in [0.25, 0.3) is 0 Å². The molecule has 0 radical (unpaired) electrons. The van der Waals surface area contributed by atoms with E-state index in [1.54, 1.807) is 7.11 Å². The third kappa shape index (κ3) is 7.37. The Morgan fingerprint density at radius 2 is 2.17 bits per heavy atom. The second-order valence-corrected chi connectivity index (χ2v) is 4.51. The molecule has 1 N–H and O–H groups in total. The first-order chi connectivity index (χ1) is 8.83. The van der Waals surface area contributed by atoms with Gasteiger partial charge in [-0.15, -0.1) is 0 Å². The molecule has 0 amide bonds. The van der Waals surface area contributed by atoms with Crippen LogP contribution in [0, 0.1) is 0 Å². The molecule has 1 aromatic rings. The van der Waals surface area contributed by atoms with Crippen LogP contribution in [0.2, 0.25) is 0 Å². The third-order valence-electron chi connectivity index (χ3n) is 2.78. The van der Waals surface area contributed by atoms with E-state index >= 15 is 0 Å². The van der Waals surface area contributed by atoms with Crippen LogP contribution in [0.5, 0.6) is 0 Å². The first-order valence-corrected chi connectivity index (χ1v) is 6.61. The lowest BCUT2D eigenvalue weighted by Crippen LogP contribution is -2.23. The van der Waals surface area contributed by atoms with E-state index < -0.39 is 0 Å². The molecule has 0 aliphatic heterocycles. The normalized spacial score (nSPS) is 11.1. The summed E-state index contributed by atoms with van der Waals surface area (Å²) >= 11 is 0. The van der Waals surface area contributed by atoms with Crippen LogP contribution in [0.4, 0.5) is 0 Å². The van der Waals surface area contributed by atoms with Crippen molar-refractivity contribution < 1.29 is 4.74 Å². The van der Waals surface area contributed by atoms with Crippen molar-refractivity contribution in [2.45, 2.75) is 19.4 Å². The van der Waals surface area contributed by atoms with Crippen LogP contribution in [0.3, 0.4) is 0 Å². The highest BCUT2D eigenvalue weighted by Crippen LogP contribution is 2.00. The van der Waals surface area contributed by atoms with Gasteiger partial charge in [-0.25, -0.2) is 0 Å². The van der Waals surface area contributed by atoms with E-state index in [1.807, 2.05) is 18.3 Å². The Kier molecular flexibility index (Phi) is 8.38. The van der Waals surface area contributed by atoms with Crippen molar-refractivity contribution in [3.63, 3.8) is 0 Å². The van der Waals surface area contributed by atoms with Gasteiger partial charge in [0, 0.05) is 26.4 Å². The summed E-state index contributed by atoms with van der Waals surface area (Å²) in [7, 11) is 3.88. The van der Waals surface area contributed by atoms with Gasteiger partial charge in [-0.1, -0.05) is 6.07 Å². The fourth-order valence-electron chi connectivity index (χ4n) is 1.78. The molecular formula is C14H25N3O. The summed E-state index contributed by atoms with van der Waals surface area (Å²) in [5.74, 6) is 0. The largest absolute Gasteiger partial charge is 0.383 e. The summed E-state index contributed by atoms with van der Waals surface area (Å²) in [6.45, 7) is 4.85. The van der Waals surface area contributed by atoms with E-state index in [1.165, 1.54) is 12.8 Å². The molecule has 0 fully saturated rings. The van der Waals surface area contributed by atoms with Gasteiger partial charge >= 0.3 is 0 Å². The predicted octanol–water partition coefficient (Wildman–Crippen LogP) is 1.53. The van der Waals surface area contributed by atoms with Gasteiger partial charge in [0.15, 0.2) is 0 Å². The van der Waals surface area contributed by atoms with E-state index in [-0.39, 0.29) is 0 Å². The zero-order valence-corrected chi connectivity index (χ0v) is 11.6. The highest BCUT2D eigenvalue weighted by molar-refractivity contribution is 5.02. The number of nitrogens with zero attached hydrogens (tertiary/aromatic N) is 2. The molecule has 1 rings (SSSR count). The van der Waals surface area contributed by atoms with Crippen LogP contribution in [0.1, 0.15) is 18.5 Å². The van der Waals surface area contributed by atoms with E-state index in [4.69, 9.17) is 4.74 Å². The van der Waals surface area contributed by atoms with E-state index in [9.17, 15) is 0 Å². The summed E-state index contributed by atoms with van der Waals surface area (Å²) < 4.78 is 4.98. The minimum atomic E-state index is 0.791. The molecule has 1 heterocycles. The average molecular weight is 251 g/mol. The molecule has 0 aromatic carbocycles. The average Bonchev–Trinajstić information content (AvgIpc) is 2.39. The van der Waals surface area contributed by atoms with Crippen molar-refractivity contribution in [2.75, 3.05) is 40.4 Å². The van der Waals surface area contributed by atoms with Gasteiger partial charge in [0.25, 0.3) is 0 Å². The summed E-state index contributed by atoms with van der Waals surface area (Å²) in [4.78, 5) is 6.65. The Morgan fingerprint density at radius 3 is 2.89 bits per heavy atom. The highest BCUT2D eigenvalue weighted by atomic mass is 16.5. The van der Waals surface area contributed by atoms with Crippen LogP contribution >= 0.6 is 0 Å². The van der Waals surface area contributed by atoms with Crippen LogP contribution < -0.4 is 5.32 Å². The molecular weight excluding hydrogens is 226 g/mol. The van der Waals surface area contributed by atoms with Crippen molar-refractivity contribution >= 4 is 0 Å². The molecule has 0 unspecified atom stereocenters. The maximum absolute atomic E-state index is 4.98. The summed E-state index contributed by atoms with van der Waals surface area (Å²) in [5, 5.41) is 3.35. The number of pyridine rings is 1. The smallest absolute Gasteiger partial charge is 0.0587 e. The van der Waals surface area contributed by atoms with Crippen molar-refractivity contribution in [2.24, 2.45) is 0 Å². The van der Waals surface area contributed by atoms with Gasteiger partial charge in [-0.2, -0.15) is 0 Å². The molecule has 0 aliphatic carbocycles. The first-order valence-electron chi connectivity index (χ1n) is 6.61. The summed E-state index contributed by atoms with van der Waals surface area (Å²) in [6, 6.07) is 6.06. The van der Waals surface area contributed by atoms with Crippen molar-refractivity contribution in [3.05, 3.63) is 30.1 Å². The standard InChI is InChI=1S/C14H25N3O/c1-17(13-14-7-3-4-9-16-14)11-6-5-8-15-10-12-18-2/h3-4,7,9,15H,5-6,8,10-13H2,1-2H3. The fraction of sp³-hybridized carbons (Fsp3) is 0.643. The van der Waals surface area contributed by atoms with Gasteiger partial charge < -0.3 is 15.0 Å². The molecule has 1 aromatic heterocycles. The molecule has 4 nitrogen and oxygen atoms in total.